The summed E-state index contributed by atoms with van der Waals surface area (Å²) in [6, 6.07) is 9.65. The number of carbonyl (C=O) groups is 2. The molecule has 3 aromatic rings. The van der Waals surface area contributed by atoms with Crippen LogP contribution in [0.2, 0.25) is 10.0 Å². The Labute approximate surface area is 290 Å². The number of carbonyl (C=O) groups excluding carboxylic acids is 2. The molecule has 0 bridgehead atoms. The number of pyridine rings is 1. The third-order valence-corrected chi connectivity index (χ3v) is 11.3. The van der Waals surface area contributed by atoms with Gasteiger partial charge in [0.15, 0.2) is 16.9 Å². The number of nitrogens with one attached hydrogen (secondary N) is 1. The summed E-state index contributed by atoms with van der Waals surface area (Å²) in [5.74, 6) is -0.946. The summed E-state index contributed by atoms with van der Waals surface area (Å²) in [6.07, 6.45) is 3.47. The molecule has 17 heteroatoms. The Morgan fingerprint density at radius 3 is 2.54 bits per heavy atom. The summed E-state index contributed by atoms with van der Waals surface area (Å²) in [4.78, 5) is 30.1. The normalized spacial score (nSPS) is 17.2. The minimum atomic E-state index is -4.27. The van der Waals surface area contributed by atoms with Gasteiger partial charge in [-0.25, -0.2) is 13.2 Å². The highest BCUT2D eigenvalue weighted by atomic mass is 35.5. The molecule has 48 heavy (non-hydrogen) atoms. The van der Waals surface area contributed by atoms with Crippen molar-refractivity contribution in [3.63, 3.8) is 0 Å². The third kappa shape index (κ3) is 8.87. The Hall–Kier alpha value is -3.21. The number of sulfonamides is 1. The Bertz CT molecular complexity index is 1730. The van der Waals surface area contributed by atoms with Crippen LogP contribution in [-0.4, -0.2) is 73.6 Å². The van der Waals surface area contributed by atoms with E-state index in [2.05, 4.69) is 15.0 Å². The van der Waals surface area contributed by atoms with Crippen molar-refractivity contribution in [2.75, 3.05) is 32.0 Å². The zero-order chi connectivity index (χ0) is 34.4. The second-order valence-electron chi connectivity index (χ2n) is 11.0. The molecule has 258 valence electrons. The van der Waals surface area contributed by atoms with Gasteiger partial charge >= 0.3 is 12.6 Å². The van der Waals surface area contributed by atoms with Crippen LogP contribution < -0.4 is 20.5 Å². The van der Waals surface area contributed by atoms with Crippen LogP contribution >= 0.6 is 35.0 Å². The van der Waals surface area contributed by atoms with E-state index in [1.54, 1.807) is 0 Å². The first-order valence-electron chi connectivity index (χ1n) is 14.9. The van der Waals surface area contributed by atoms with E-state index in [9.17, 15) is 26.8 Å². The number of benzene rings is 2. The predicted molar refractivity (Wildman–Crippen MR) is 176 cm³/mol. The van der Waals surface area contributed by atoms with Crippen LogP contribution in [0.25, 0.3) is 0 Å². The molecule has 2 aromatic carbocycles. The van der Waals surface area contributed by atoms with E-state index in [1.807, 2.05) is 0 Å². The second kappa shape index (κ2) is 16.0. The summed E-state index contributed by atoms with van der Waals surface area (Å²) in [5, 5.41) is 1.71. The highest BCUT2D eigenvalue weighted by Crippen LogP contribution is 2.39. The smallest absolute Gasteiger partial charge is 0.387 e. The molecule has 1 aromatic heterocycles. The van der Waals surface area contributed by atoms with Crippen molar-refractivity contribution in [1.29, 1.82) is 0 Å². The summed E-state index contributed by atoms with van der Waals surface area (Å²) in [6.45, 7) is -2.39. The van der Waals surface area contributed by atoms with Crippen LogP contribution in [0.5, 0.6) is 11.5 Å². The van der Waals surface area contributed by atoms with Gasteiger partial charge in [-0.1, -0.05) is 35.3 Å². The first-order valence-corrected chi connectivity index (χ1v) is 18.1. The van der Waals surface area contributed by atoms with Crippen LogP contribution in [0.15, 0.2) is 59.8 Å². The zero-order valence-corrected chi connectivity index (χ0v) is 28.5. The lowest BCUT2D eigenvalue weighted by molar-refractivity contribution is -0.150. The Balaban J connectivity index is 1.44. The van der Waals surface area contributed by atoms with Crippen molar-refractivity contribution >= 4 is 56.9 Å². The lowest BCUT2D eigenvalue weighted by Gasteiger charge is -2.26. The quantitative estimate of drug-likeness (QED) is 0.202. The number of nitrogens with two attached hydrogens (primary N) is 1. The maximum absolute atomic E-state index is 13.8. The Morgan fingerprint density at radius 1 is 1.10 bits per heavy atom. The van der Waals surface area contributed by atoms with Gasteiger partial charge in [0.25, 0.3) is 5.91 Å². The van der Waals surface area contributed by atoms with Crippen molar-refractivity contribution in [1.82, 2.24) is 14.6 Å². The van der Waals surface area contributed by atoms with E-state index in [0.717, 1.165) is 28.9 Å². The zero-order valence-electron chi connectivity index (χ0n) is 25.3. The van der Waals surface area contributed by atoms with Crippen LogP contribution in [-0.2, 0) is 26.0 Å². The number of hydrogen-bond donors (Lipinski definition) is 2. The Morgan fingerprint density at radius 2 is 1.85 bits per heavy atom. The van der Waals surface area contributed by atoms with Crippen molar-refractivity contribution in [2.45, 2.75) is 42.2 Å². The molecule has 1 aliphatic heterocycles. The summed E-state index contributed by atoms with van der Waals surface area (Å²) >= 11 is 13.9. The molecule has 1 amide bonds. The van der Waals surface area contributed by atoms with Crippen LogP contribution in [0, 0.1) is 5.92 Å². The van der Waals surface area contributed by atoms with Gasteiger partial charge in [0.2, 0.25) is 10.0 Å². The number of hydrogen-bond acceptors (Lipinski definition) is 10. The number of alkyl halides is 2. The number of halogens is 4. The van der Waals surface area contributed by atoms with E-state index in [0.29, 0.717) is 22.8 Å². The molecule has 5 rings (SSSR count). The van der Waals surface area contributed by atoms with Gasteiger partial charge in [0, 0.05) is 49.8 Å². The lowest BCUT2D eigenvalue weighted by Crippen LogP contribution is -2.40. The summed E-state index contributed by atoms with van der Waals surface area (Å²) in [5.41, 5.74) is 6.30. The van der Waals surface area contributed by atoms with Gasteiger partial charge in [0.05, 0.1) is 21.5 Å². The monoisotopic (exact) mass is 744 g/mol. The number of amides is 1. The minimum absolute atomic E-state index is 0.00185. The largest absolute Gasteiger partial charge is 0.489 e. The topological polar surface area (TPSA) is 150 Å². The highest BCUT2D eigenvalue weighted by molar-refractivity contribution is 8.02. The summed E-state index contributed by atoms with van der Waals surface area (Å²) < 4.78 is 71.5. The fourth-order valence-corrected chi connectivity index (χ4v) is 8.49. The highest BCUT2D eigenvalue weighted by Gasteiger charge is 2.42. The lowest BCUT2D eigenvalue weighted by atomic mass is 10.0. The van der Waals surface area contributed by atoms with Crippen molar-refractivity contribution in [2.24, 2.45) is 11.7 Å². The minimum Gasteiger partial charge on any atom is -0.489 e. The molecule has 1 aliphatic carbocycles. The van der Waals surface area contributed by atoms with E-state index in [1.165, 1.54) is 54.9 Å². The SMILES string of the molecule is NCCNC(=O)c1cccc(S(=O)(=O)N2CCS[C@H]2C(=O)OC(Cc2c(Cl)cncc2Cl)c2ccc(OC(F)F)c(OCC3CC3)c2)c1. The molecule has 0 radical (unpaired) electrons. The number of esters is 1. The van der Waals surface area contributed by atoms with Gasteiger partial charge < -0.3 is 25.3 Å². The van der Waals surface area contributed by atoms with E-state index < -0.39 is 40.0 Å². The molecule has 11 nitrogen and oxygen atoms in total. The van der Waals surface area contributed by atoms with Gasteiger partial charge in [-0.3, -0.25) is 9.78 Å². The van der Waals surface area contributed by atoms with Crippen LogP contribution in [0.1, 0.15) is 40.4 Å². The van der Waals surface area contributed by atoms with E-state index in [-0.39, 0.29) is 64.7 Å². The van der Waals surface area contributed by atoms with Gasteiger partial charge in [-0.15, -0.1) is 11.8 Å². The molecule has 2 heterocycles. The maximum atomic E-state index is 13.8. The fourth-order valence-electron chi connectivity index (χ4n) is 4.88. The third-order valence-electron chi connectivity index (χ3n) is 7.51. The maximum Gasteiger partial charge on any atom is 0.387 e. The second-order valence-corrected chi connectivity index (χ2v) is 14.9. The van der Waals surface area contributed by atoms with E-state index in [4.69, 9.17) is 38.4 Å². The average Bonchev–Trinajstić information content (AvgIpc) is 3.75. The molecular weight excluding hydrogens is 713 g/mol. The number of aromatic nitrogens is 1. The van der Waals surface area contributed by atoms with E-state index >= 15 is 0 Å². The molecule has 1 saturated carbocycles. The number of thioether (sulfide) groups is 1. The first-order chi connectivity index (χ1) is 23.0. The van der Waals surface area contributed by atoms with Gasteiger partial charge in [0.1, 0.15) is 6.10 Å². The first kappa shape index (κ1) is 36.1. The van der Waals surface area contributed by atoms with Crippen LogP contribution in [0.3, 0.4) is 0 Å². The predicted octanol–water partition coefficient (Wildman–Crippen LogP) is 5.06. The molecule has 1 saturated heterocycles. The van der Waals surface area contributed by atoms with Crippen molar-refractivity contribution < 1.29 is 41.0 Å². The molecular formula is C31H32Cl2F2N4O7S2. The van der Waals surface area contributed by atoms with Gasteiger partial charge in [-0.2, -0.15) is 13.1 Å². The Kier molecular flexibility index (Phi) is 12.0. The molecule has 0 spiro atoms. The number of ether oxygens (including phenoxy) is 3. The molecule has 2 aliphatic rings. The van der Waals surface area contributed by atoms with Crippen molar-refractivity contribution in [3.05, 3.63) is 81.6 Å². The summed E-state index contributed by atoms with van der Waals surface area (Å²) in [7, 11) is -4.27. The van der Waals surface area contributed by atoms with Crippen LogP contribution in [0.4, 0.5) is 8.78 Å². The molecule has 2 fully saturated rings. The standard InChI is InChI=1S/C31H32Cl2F2N4O7S2/c32-23-15-37-16-24(33)22(23)14-26(19-6-7-25(46-31(34)35)27(13-19)44-17-18-4-5-18)45-30(41)29-39(10-11-47-29)48(42,43)21-3-1-2-20(12-21)28(40)38-9-8-36/h1-3,6-7,12-13,15-16,18,26,29,31H,4-5,8-11,14,17,36H2,(H,38,40)/t26?,29-/m0/s1. The number of nitrogens with zero attached hydrogens (tertiary/aromatic N) is 2. The number of rotatable bonds is 15. The van der Waals surface area contributed by atoms with Gasteiger partial charge in [-0.05, 0) is 60.2 Å². The molecule has 1 unspecified atom stereocenters. The average molecular weight is 746 g/mol. The molecule has 3 N–H and O–H groups in total. The molecule has 2 atom stereocenters. The fraction of sp³-hybridized carbons (Fsp3) is 0.387. The van der Waals surface area contributed by atoms with Crippen molar-refractivity contribution in [3.8, 4) is 11.5 Å².